The van der Waals surface area contributed by atoms with E-state index in [0.29, 0.717) is 0 Å². The number of anilines is 1. The first-order valence-electron chi connectivity index (χ1n) is 3.54. The van der Waals surface area contributed by atoms with E-state index in [4.69, 9.17) is 11.5 Å². The van der Waals surface area contributed by atoms with Crippen LogP contribution in [-0.4, -0.2) is 10.9 Å². The number of rotatable bonds is 2. The van der Waals surface area contributed by atoms with Crippen LogP contribution < -0.4 is 16.9 Å². The van der Waals surface area contributed by atoms with E-state index in [-0.39, 0.29) is 5.82 Å². The Bertz CT molecular complexity index is 427. The number of aromatic amines is 1. The predicted octanol–water partition coefficient (Wildman–Crippen LogP) is -0.00640. The number of aromatic nitrogens is 1. The average molecular weight is 203 g/mol. The van der Waals surface area contributed by atoms with Gasteiger partial charge in [0.15, 0.2) is 5.43 Å². The summed E-state index contributed by atoms with van der Waals surface area (Å²) in [5, 5.41) is 0. The van der Waals surface area contributed by atoms with Gasteiger partial charge in [-0.15, -0.1) is 0 Å². The van der Waals surface area contributed by atoms with Crippen molar-refractivity contribution in [1.82, 2.24) is 4.98 Å². The Morgan fingerprint density at radius 1 is 1.50 bits per heavy atom. The zero-order valence-corrected chi connectivity index (χ0v) is 6.88. The van der Waals surface area contributed by atoms with Gasteiger partial charge in [-0.05, 0) is 0 Å². The number of nitrogens with one attached hydrogen (secondary N) is 1. The van der Waals surface area contributed by atoms with Crippen molar-refractivity contribution in [1.29, 1.82) is 0 Å². The van der Waals surface area contributed by atoms with E-state index in [1.165, 1.54) is 0 Å². The van der Waals surface area contributed by atoms with Gasteiger partial charge >= 0.3 is 0 Å². The SMILES string of the molecule is NC(=O)c1c(C(F)F)[nH]c(N)cc1=O. The lowest BCUT2D eigenvalue weighted by Crippen LogP contribution is -2.25. The maximum atomic E-state index is 12.3. The number of hydrogen-bond acceptors (Lipinski definition) is 3. The average Bonchev–Trinajstić information content (AvgIpc) is 2.01. The van der Waals surface area contributed by atoms with Crippen LogP contribution in [0.5, 0.6) is 0 Å². The van der Waals surface area contributed by atoms with Crippen LogP contribution in [0.2, 0.25) is 0 Å². The number of carbonyl (C=O) groups excluding carboxylic acids is 1. The molecule has 1 heterocycles. The third-order valence-electron chi connectivity index (χ3n) is 1.55. The molecule has 1 aromatic rings. The molecule has 0 aliphatic heterocycles. The molecule has 0 aromatic carbocycles. The molecule has 1 rings (SSSR count). The molecular formula is C7H7F2N3O2. The van der Waals surface area contributed by atoms with Crippen LogP contribution in [0.25, 0.3) is 0 Å². The van der Waals surface area contributed by atoms with Crippen molar-refractivity contribution in [3.63, 3.8) is 0 Å². The minimum Gasteiger partial charge on any atom is -0.385 e. The molecule has 1 aromatic heterocycles. The largest absolute Gasteiger partial charge is 0.385 e. The van der Waals surface area contributed by atoms with Gasteiger partial charge in [0, 0.05) is 6.07 Å². The Balaban J connectivity index is 3.53. The highest BCUT2D eigenvalue weighted by Gasteiger charge is 2.20. The lowest BCUT2D eigenvalue weighted by atomic mass is 10.1. The number of amides is 1. The molecule has 0 fully saturated rings. The summed E-state index contributed by atoms with van der Waals surface area (Å²) >= 11 is 0. The van der Waals surface area contributed by atoms with Gasteiger partial charge in [-0.25, -0.2) is 8.78 Å². The van der Waals surface area contributed by atoms with Crippen molar-refractivity contribution < 1.29 is 13.6 Å². The molecule has 0 atom stereocenters. The van der Waals surface area contributed by atoms with Gasteiger partial charge in [-0.3, -0.25) is 9.59 Å². The molecule has 0 spiro atoms. The number of carbonyl (C=O) groups is 1. The first-order chi connectivity index (χ1) is 6.43. The van der Waals surface area contributed by atoms with Crippen LogP contribution in [0, 0.1) is 0 Å². The number of halogens is 2. The molecule has 1 amide bonds. The second kappa shape index (κ2) is 3.44. The molecule has 0 aliphatic rings. The Labute approximate surface area is 76.7 Å². The minimum absolute atomic E-state index is 0.240. The fourth-order valence-electron chi connectivity index (χ4n) is 1.02. The Hall–Kier alpha value is -1.92. The van der Waals surface area contributed by atoms with Crippen molar-refractivity contribution in [2.75, 3.05) is 5.73 Å². The summed E-state index contributed by atoms with van der Waals surface area (Å²) < 4.78 is 24.6. The number of hydrogen-bond donors (Lipinski definition) is 3. The molecule has 0 saturated carbocycles. The first-order valence-corrected chi connectivity index (χ1v) is 3.54. The highest BCUT2D eigenvalue weighted by Crippen LogP contribution is 2.18. The maximum absolute atomic E-state index is 12.3. The topological polar surface area (TPSA) is 102 Å². The van der Waals surface area contributed by atoms with Crippen LogP contribution in [0.4, 0.5) is 14.6 Å². The molecule has 0 radical (unpaired) electrons. The zero-order chi connectivity index (χ0) is 10.9. The molecule has 5 N–H and O–H groups in total. The maximum Gasteiger partial charge on any atom is 0.279 e. The second-order valence-electron chi connectivity index (χ2n) is 2.54. The van der Waals surface area contributed by atoms with Crippen LogP contribution in [0.15, 0.2) is 10.9 Å². The monoisotopic (exact) mass is 203 g/mol. The lowest BCUT2D eigenvalue weighted by Gasteiger charge is -2.05. The molecule has 7 heteroatoms. The highest BCUT2D eigenvalue weighted by molar-refractivity contribution is 5.94. The zero-order valence-electron chi connectivity index (χ0n) is 6.88. The van der Waals surface area contributed by atoms with Crippen LogP contribution in [0.1, 0.15) is 22.5 Å². The fraction of sp³-hybridized carbons (Fsp3) is 0.143. The third kappa shape index (κ3) is 1.70. The molecule has 14 heavy (non-hydrogen) atoms. The first kappa shape index (κ1) is 10.2. The summed E-state index contributed by atoms with van der Waals surface area (Å²) in [5.41, 5.74) is 7.38. The van der Waals surface area contributed by atoms with E-state index >= 15 is 0 Å². The van der Waals surface area contributed by atoms with Gasteiger partial charge in [0.2, 0.25) is 0 Å². The molecule has 76 valence electrons. The van der Waals surface area contributed by atoms with Crippen LogP contribution in [-0.2, 0) is 0 Å². The fourth-order valence-corrected chi connectivity index (χ4v) is 1.02. The van der Waals surface area contributed by atoms with Gasteiger partial charge in [-0.2, -0.15) is 0 Å². The van der Waals surface area contributed by atoms with Crippen molar-refractivity contribution >= 4 is 11.7 Å². The van der Waals surface area contributed by atoms with E-state index < -0.39 is 29.0 Å². The van der Waals surface area contributed by atoms with Crippen molar-refractivity contribution in [2.45, 2.75) is 6.43 Å². The summed E-state index contributed by atoms with van der Waals surface area (Å²) in [5.74, 6) is -1.45. The highest BCUT2D eigenvalue weighted by atomic mass is 19.3. The second-order valence-corrected chi connectivity index (χ2v) is 2.54. The molecular weight excluding hydrogens is 196 g/mol. The predicted molar refractivity (Wildman–Crippen MR) is 44.9 cm³/mol. The summed E-state index contributed by atoms with van der Waals surface area (Å²) in [6, 6.07) is 0.825. The molecule has 0 saturated heterocycles. The van der Waals surface area contributed by atoms with Gasteiger partial charge in [0.1, 0.15) is 17.1 Å². The smallest absolute Gasteiger partial charge is 0.279 e. The summed E-state index contributed by atoms with van der Waals surface area (Å²) in [6.07, 6.45) is -3.01. The van der Waals surface area contributed by atoms with E-state index in [0.717, 1.165) is 6.07 Å². The number of primary amides is 1. The number of alkyl halides is 2. The number of pyridine rings is 1. The standard InChI is InChI=1S/C7H7F2N3O2/c8-6(9)5-4(7(11)14)2(13)1-3(10)12-5/h1,6H,(H2,11,14)(H3,10,12,13). The molecule has 0 unspecified atom stereocenters. The molecule has 0 bridgehead atoms. The summed E-state index contributed by atoms with van der Waals surface area (Å²) in [4.78, 5) is 23.8. The Morgan fingerprint density at radius 2 is 2.07 bits per heavy atom. The van der Waals surface area contributed by atoms with E-state index in [2.05, 4.69) is 0 Å². The van der Waals surface area contributed by atoms with E-state index in [9.17, 15) is 18.4 Å². The van der Waals surface area contributed by atoms with E-state index in [1.807, 2.05) is 4.98 Å². The Kier molecular flexibility index (Phi) is 2.50. The van der Waals surface area contributed by atoms with Gasteiger partial charge in [0.25, 0.3) is 12.3 Å². The van der Waals surface area contributed by atoms with Crippen molar-refractivity contribution in [3.05, 3.63) is 27.5 Å². The number of nitrogen functional groups attached to an aromatic ring is 1. The molecule has 5 nitrogen and oxygen atoms in total. The minimum atomic E-state index is -3.01. The van der Waals surface area contributed by atoms with Crippen molar-refractivity contribution in [3.8, 4) is 0 Å². The van der Waals surface area contributed by atoms with Gasteiger partial charge < -0.3 is 16.5 Å². The van der Waals surface area contributed by atoms with Gasteiger partial charge in [0.05, 0.1) is 0 Å². The quantitative estimate of drug-likeness (QED) is 0.630. The summed E-state index contributed by atoms with van der Waals surface area (Å²) in [6.45, 7) is 0. The van der Waals surface area contributed by atoms with E-state index in [1.54, 1.807) is 0 Å². The lowest BCUT2D eigenvalue weighted by molar-refractivity contribution is 0.0982. The number of H-pyrrole nitrogens is 1. The Morgan fingerprint density at radius 3 is 2.50 bits per heavy atom. The van der Waals surface area contributed by atoms with Crippen molar-refractivity contribution in [2.24, 2.45) is 5.73 Å². The van der Waals surface area contributed by atoms with Crippen LogP contribution in [0.3, 0.4) is 0 Å². The third-order valence-corrected chi connectivity index (χ3v) is 1.55. The summed E-state index contributed by atoms with van der Waals surface area (Å²) in [7, 11) is 0. The van der Waals surface area contributed by atoms with Gasteiger partial charge in [-0.1, -0.05) is 0 Å². The molecule has 0 aliphatic carbocycles. The van der Waals surface area contributed by atoms with Crippen LogP contribution >= 0.6 is 0 Å². The normalized spacial score (nSPS) is 10.5. The number of nitrogens with two attached hydrogens (primary N) is 2.